The summed E-state index contributed by atoms with van der Waals surface area (Å²) in [6, 6.07) is 3.54. The monoisotopic (exact) mass is 590 g/mol. The molecule has 2 heterocycles. The Morgan fingerprint density at radius 1 is 1.12 bits per heavy atom. The number of carbonyl (C=O) groups excluding carboxylic acids is 3. The molecule has 2 aromatic rings. The number of nitrogens with two attached hydrogens (primary N) is 1. The minimum absolute atomic E-state index is 0.119. The number of hydrogen-bond donors (Lipinski definition) is 2. The van der Waals surface area contributed by atoms with E-state index in [0.29, 0.717) is 28.5 Å². The molecule has 226 valence electrons. The van der Waals surface area contributed by atoms with Crippen LogP contribution < -0.4 is 20.5 Å². The molecule has 41 heavy (non-hydrogen) atoms. The van der Waals surface area contributed by atoms with Gasteiger partial charge in [-0.15, -0.1) is 0 Å². The number of alkyl carbamates (subject to hydrolysis) is 1. The van der Waals surface area contributed by atoms with E-state index in [0.717, 1.165) is 37.5 Å². The predicted molar refractivity (Wildman–Crippen MR) is 158 cm³/mol. The van der Waals surface area contributed by atoms with Gasteiger partial charge in [0.15, 0.2) is 11.5 Å². The Balaban J connectivity index is 1.78. The molecular weight excluding hydrogens is 548 g/mol. The van der Waals surface area contributed by atoms with Gasteiger partial charge in [0, 0.05) is 23.4 Å². The van der Waals surface area contributed by atoms with E-state index in [-0.39, 0.29) is 18.9 Å². The van der Waals surface area contributed by atoms with Crippen molar-refractivity contribution in [2.75, 3.05) is 13.7 Å². The summed E-state index contributed by atoms with van der Waals surface area (Å²) < 4.78 is 17.3. The van der Waals surface area contributed by atoms with Crippen LogP contribution in [-0.4, -0.2) is 65.2 Å². The van der Waals surface area contributed by atoms with Crippen LogP contribution in [0.1, 0.15) is 79.1 Å². The summed E-state index contributed by atoms with van der Waals surface area (Å²) in [5.74, 6) is -0.106. The number of amides is 3. The van der Waals surface area contributed by atoms with Gasteiger partial charge in [-0.05, 0) is 45.4 Å². The van der Waals surface area contributed by atoms with Crippen molar-refractivity contribution in [2.45, 2.75) is 103 Å². The van der Waals surface area contributed by atoms with Crippen molar-refractivity contribution in [2.24, 2.45) is 5.73 Å². The van der Waals surface area contributed by atoms with E-state index >= 15 is 0 Å². The number of hydrogen-bond acceptors (Lipinski definition) is 7. The van der Waals surface area contributed by atoms with E-state index in [1.54, 1.807) is 45.2 Å². The first-order valence-corrected chi connectivity index (χ1v) is 14.7. The number of rotatable bonds is 13. The van der Waals surface area contributed by atoms with E-state index in [4.69, 9.17) is 31.5 Å². The lowest BCUT2D eigenvalue weighted by Crippen LogP contribution is -2.53. The Morgan fingerprint density at radius 2 is 1.83 bits per heavy atom. The summed E-state index contributed by atoms with van der Waals surface area (Å²) in [6.07, 6.45) is 7.17. The molecule has 3 rings (SSSR count). The smallest absolute Gasteiger partial charge is 0.408 e. The van der Waals surface area contributed by atoms with Crippen molar-refractivity contribution in [3.63, 3.8) is 0 Å². The standard InChI is InChI=1S/C30H43ClN4O6/c1-6-7-8-9-10-11-12-22(34-29(38)41-30(2,3)4)28(37)35-18-19(17-23(35)27(32)36)40-24-14-13-21-20(25(24)39-5)15-16-33-26(21)31/h13-16,19,22-23H,6-12,17-18H2,1-5H3,(H2,32,36)(H,34,38)/t19?,22-,23-/m0/s1. The molecule has 0 saturated carbocycles. The van der Waals surface area contributed by atoms with Crippen molar-refractivity contribution >= 4 is 40.3 Å². The molecule has 1 aliphatic heterocycles. The van der Waals surface area contributed by atoms with E-state index in [1.807, 2.05) is 0 Å². The Kier molecular flexibility index (Phi) is 11.5. The van der Waals surface area contributed by atoms with Crippen molar-refractivity contribution in [1.82, 2.24) is 15.2 Å². The highest BCUT2D eigenvalue weighted by Crippen LogP contribution is 2.39. The zero-order valence-corrected chi connectivity index (χ0v) is 25.5. The lowest BCUT2D eigenvalue weighted by atomic mass is 10.0. The highest BCUT2D eigenvalue weighted by Gasteiger charge is 2.42. The fraction of sp³-hybridized carbons (Fsp3) is 0.600. The zero-order valence-electron chi connectivity index (χ0n) is 24.7. The van der Waals surface area contributed by atoms with Crippen molar-refractivity contribution in [3.05, 3.63) is 29.5 Å². The molecule has 3 N–H and O–H groups in total. The molecule has 1 aromatic carbocycles. The molecule has 1 saturated heterocycles. The number of pyridine rings is 1. The third-order valence-corrected chi connectivity index (χ3v) is 7.32. The maximum absolute atomic E-state index is 13.8. The van der Waals surface area contributed by atoms with Crippen LogP contribution in [0.2, 0.25) is 5.15 Å². The second-order valence-electron chi connectivity index (χ2n) is 11.4. The number of carbonyl (C=O) groups is 3. The van der Waals surface area contributed by atoms with Gasteiger partial charge in [-0.3, -0.25) is 9.59 Å². The quantitative estimate of drug-likeness (QED) is 0.236. The minimum Gasteiger partial charge on any atom is -0.492 e. The van der Waals surface area contributed by atoms with Crippen LogP contribution in [0.3, 0.4) is 0 Å². The summed E-state index contributed by atoms with van der Waals surface area (Å²) >= 11 is 6.24. The number of likely N-dealkylation sites (tertiary alicyclic amines) is 1. The van der Waals surface area contributed by atoms with Gasteiger partial charge in [0.1, 0.15) is 28.9 Å². The maximum Gasteiger partial charge on any atom is 0.408 e. The number of methoxy groups -OCH3 is 1. The Hall–Kier alpha value is -3.27. The number of aromatic nitrogens is 1. The van der Waals surface area contributed by atoms with E-state index in [9.17, 15) is 14.4 Å². The van der Waals surface area contributed by atoms with Gasteiger partial charge in [-0.1, -0.05) is 57.0 Å². The molecule has 10 nitrogen and oxygen atoms in total. The summed E-state index contributed by atoms with van der Waals surface area (Å²) in [4.78, 5) is 44.4. The second-order valence-corrected chi connectivity index (χ2v) is 11.8. The number of primary amides is 1. The molecule has 0 aliphatic carbocycles. The van der Waals surface area contributed by atoms with Crippen LogP contribution in [0.15, 0.2) is 24.4 Å². The SMILES string of the molecule is CCCCCCCC[C@H](NC(=O)OC(C)(C)C)C(=O)N1CC(Oc2ccc3c(Cl)nccc3c2OC)C[C@H]1C(N)=O. The number of unbranched alkanes of at least 4 members (excludes halogenated alkanes) is 5. The normalized spacial score (nSPS) is 17.8. The molecule has 3 amide bonds. The molecule has 1 aliphatic rings. The fourth-order valence-corrected chi connectivity index (χ4v) is 5.31. The average molecular weight is 591 g/mol. The van der Waals surface area contributed by atoms with Crippen molar-refractivity contribution in [3.8, 4) is 11.5 Å². The first kappa shape index (κ1) is 32.2. The van der Waals surface area contributed by atoms with Crippen LogP contribution in [0, 0.1) is 0 Å². The number of ether oxygens (including phenoxy) is 3. The molecule has 0 bridgehead atoms. The molecule has 0 radical (unpaired) electrons. The van der Waals surface area contributed by atoms with Gasteiger partial charge in [-0.25, -0.2) is 9.78 Å². The van der Waals surface area contributed by atoms with Crippen molar-refractivity contribution in [1.29, 1.82) is 0 Å². The molecule has 11 heteroatoms. The number of fused-ring (bicyclic) bond motifs is 1. The van der Waals surface area contributed by atoms with E-state index in [1.165, 1.54) is 18.4 Å². The third kappa shape index (κ3) is 8.86. The summed E-state index contributed by atoms with van der Waals surface area (Å²) in [7, 11) is 1.53. The Labute approximate surface area is 247 Å². The number of nitrogens with one attached hydrogen (secondary N) is 1. The Morgan fingerprint density at radius 3 is 2.49 bits per heavy atom. The number of benzene rings is 1. The van der Waals surface area contributed by atoms with Crippen LogP contribution in [0.4, 0.5) is 4.79 Å². The van der Waals surface area contributed by atoms with E-state index < -0.39 is 35.8 Å². The van der Waals surface area contributed by atoms with E-state index in [2.05, 4.69) is 17.2 Å². The molecular formula is C30H43ClN4O6. The fourth-order valence-electron chi connectivity index (χ4n) is 5.09. The van der Waals surface area contributed by atoms with Crippen LogP contribution in [0.5, 0.6) is 11.5 Å². The highest BCUT2D eigenvalue weighted by atomic mass is 35.5. The predicted octanol–water partition coefficient (Wildman–Crippen LogP) is 5.37. The summed E-state index contributed by atoms with van der Waals surface area (Å²) in [6.45, 7) is 7.55. The zero-order chi connectivity index (χ0) is 30.2. The summed E-state index contributed by atoms with van der Waals surface area (Å²) in [5.41, 5.74) is 5.01. The lowest BCUT2D eigenvalue weighted by molar-refractivity contribution is -0.139. The minimum atomic E-state index is -0.884. The van der Waals surface area contributed by atoms with Gasteiger partial charge >= 0.3 is 6.09 Å². The van der Waals surface area contributed by atoms with Crippen LogP contribution in [-0.2, 0) is 14.3 Å². The van der Waals surface area contributed by atoms with Gasteiger partial charge < -0.3 is 30.2 Å². The van der Waals surface area contributed by atoms with Gasteiger partial charge in [0.05, 0.1) is 13.7 Å². The van der Waals surface area contributed by atoms with Crippen LogP contribution in [0.25, 0.3) is 10.8 Å². The maximum atomic E-state index is 13.8. The first-order valence-electron chi connectivity index (χ1n) is 14.3. The third-order valence-electron chi connectivity index (χ3n) is 7.02. The number of nitrogens with zero attached hydrogens (tertiary/aromatic N) is 2. The molecule has 1 fully saturated rings. The lowest BCUT2D eigenvalue weighted by Gasteiger charge is -2.28. The van der Waals surface area contributed by atoms with Crippen LogP contribution >= 0.6 is 11.6 Å². The Bertz CT molecular complexity index is 1220. The summed E-state index contributed by atoms with van der Waals surface area (Å²) in [5, 5.41) is 4.51. The molecule has 3 atom stereocenters. The molecule has 0 spiro atoms. The first-order chi connectivity index (χ1) is 19.4. The van der Waals surface area contributed by atoms with Gasteiger partial charge in [-0.2, -0.15) is 0 Å². The van der Waals surface area contributed by atoms with Crippen molar-refractivity contribution < 1.29 is 28.6 Å². The largest absolute Gasteiger partial charge is 0.492 e. The van der Waals surface area contributed by atoms with Gasteiger partial charge in [0.2, 0.25) is 11.8 Å². The molecule has 1 unspecified atom stereocenters. The number of halogens is 1. The van der Waals surface area contributed by atoms with Gasteiger partial charge in [0.25, 0.3) is 0 Å². The second kappa shape index (κ2) is 14.6. The topological polar surface area (TPSA) is 133 Å². The highest BCUT2D eigenvalue weighted by molar-refractivity contribution is 6.34. The molecule has 1 aromatic heterocycles. The average Bonchev–Trinajstić information content (AvgIpc) is 3.32.